The molecule has 0 amide bonds. The molecule has 42 heavy (non-hydrogen) atoms. The van der Waals surface area contributed by atoms with Crippen LogP contribution in [0, 0.1) is 0 Å². The zero-order chi connectivity index (χ0) is 30.1. The fourth-order valence-electron chi connectivity index (χ4n) is 7.56. The van der Waals surface area contributed by atoms with Crippen molar-refractivity contribution in [1.29, 1.82) is 0 Å². The topological polar surface area (TPSA) is 97.7 Å². The van der Waals surface area contributed by atoms with Crippen LogP contribution in [0.1, 0.15) is 156 Å². The lowest BCUT2D eigenvalue weighted by atomic mass is 9.76. The maximum atomic E-state index is 14.5. The van der Waals surface area contributed by atoms with E-state index in [4.69, 9.17) is 4.18 Å². The summed E-state index contributed by atoms with van der Waals surface area (Å²) in [6, 6.07) is 7.01. The lowest BCUT2D eigenvalue weighted by molar-refractivity contribution is 0.414. The smallest absolute Gasteiger partial charge is 0.339 e. The zero-order valence-electron chi connectivity index (χ0n) is 25.0. The van der Waals surface area contributed by atoms with Crippen molar-refractivity contribution < 1.29 is 25.6 Å². The molecule has 1 N–H and O–H groups in total. The average Bonchev–Trinajstić information content (AvgIpc) is 2.98. The number of hydrogen-bond acceptors (Lipinski definition) is 6. The molecule has 9 heteroatoms. The number of rotatable bonds is 8. The first kappa shape index (κ1) is 31.9. The summed E-state index contributed by atoms with van der Waals surface area (Å²) in [6.07, 6.45) is 16.6. The molecule has 2 aromatic rings. The van der Waals surface area contributed by atoms with E-state index in [1.807, 2.05) is 0 Å². The molecule has 0 radical (unpaired) electrons. The van der Waals surface area contributed by atoms with E-state index in [2.05, 4.69) is 24.8 Å². The van der Waals surface area contributed by atoms with Crippen LogP contribution in [0.25, 0.3) is 0 Å². The Balaban J connectivity index is 1.67. The molecule has 0 spiro atoms. The summed E-state index contributed by atoms with van der Waals surface area (Å²) in [6.45, 7) is 3.57. The summed E-state index contributed by atoms with van der Waals surface area (Å²) >= 11 is 4.42. The molecular weight excluding hydrogens is 589 g/mol. The van der Waals surface area contributed by atoms with Crippen LogP contribution in [0.4, 0.5) is 0 Å². The molecular formula is C33H46O6S3. The molecule has 0 aliphatic heterocycles. The van der Waals surface area contributed by atoms with Crippen LogP contribution < -0.4 is 4.18 Å². The third kappa shape index (κ3) is 7.05. The van der Waals surface area contributed by atoms with Crippen molar-refractivity contribution in [3.63, 3.8) is 0 Å². The summed E-state index contributed by atoms with van der Waals surface area (Å²) in [4.78, 5) is 0.0984. The van der Waals surface area contributed by atoms with Crippen LogP contribution in [0.5, 0.6) is 5.75 Å². The average molecular weight is 635 g/mol. The lowest BCUT2D eigenvalue weighted by Crippen LogP contribution is -2.21. The number of benzene rings is 2. The number of thiol groups is 1. The maximum Gasteiger partial charge on any atom is 0.339 e. The quantitative estimate of drug-likeness (QED) is 0.171. The van der Waals surface area contributed by atoms with Crippen molar-refractivity contribution in [2.24, 2.45) is 0 Å². The first-order chi connectivity index (χ1) is 20.0. The summed E-state index contributed by atoms with van der Waals surface area (Å²) in [5.41, 5.74) is 3.41. The molecule has 0 aromatic heterocycles. The largest absolute Gasteiger partial charge is 0.378 e. The Morgan fingerprint density at radius 3 is 1.60 bits per heavy atom. The van der Waals surface area contributed by atoms with Crippen molar-refractivity contribution in [3.05, 3.63) is 46.5 Å². The Morgan fingerprint density at radius 2 is 1.17 bits per heavy atom. The normalized spacial score (nSPS) is 20.2. The summed E-state index contributed by atoms with van der Waals surface area (Å²) in [5.74, 6) is 0.483. The molecule has 5 rings (SSSR count). The summed E-state index contributed by atoms with van der Waals surface area (Å²) in [5, 5.41) is 0. The molecule has 2 aromatic carbocycles. The first-order valence-electron chi connectivity index (χ1n) is 15.9. The molecule has 6 nitrogen and oxygen atoms in total. The van der Waals surface area contributed by atoms with Gasteiger partial charge in [0.25, 0.3) is 10.1 Å². The SMILES string of the molecule is CC(C)c1cc(OS(=O)(=O)c2c(C3CCCCC3)cc(C3CCCCC3)cc2C2CCCCC2)c(S)cc1S(=O)(=O)O. The van der Waals surface area contributed by atoms with Gasteiger partial charge in [-0.1, -0.05) is 83.8 Å². The third-order valence-electron chi connectivity index (χ3n) is 9.78. The van der Waals surface area contributed by atoms with Crippen LogP contribution in [-0.4, -0.2) is 21.4 Å². The molecule has 232 valence electrons. The summed E-state index contributed by atoms with van der Waals surface area (Å²) in [7, 11) is -8.82. The predicted molar refractivity (Wildman–Crippen MR) is 169 cm³/mol. The highest BCUT2D eigenvalue weighted by Crippen LogP contribution is 2.46. The Bertz CT molecular complexity index is 1440. The Kier molecular flexibility index (Phi) is 10.0. The van der Waals surface area contributed by atoms with Crippen molar-refractivity contribution in [3.8, 4) is 5.75 Å². The molecule has 0 atom stereocenters. The first-order valence-corrected chi connectivity index (χ1v) is 19.2. The predicted octanol–water partition coefficient (Wildman–Crippen LogP) is 9.26. The van der Waals surface area contributed by atoms with E-state index in [0.29, 0.717) is 10.8 Å². The van der Waals surface area contributed by atoms with Gasteiger partial charge in [0.05, 0.1) is 4.90 Å². The van der Waals surface area contributed by atoms with E-state index in [0.717, 1.165) is 75.3 Å². The van der Waals surface area contributed by atoms with Crippen LogP contribution in [0.15, 0.2) is 39.0 Å². The van der Waals surface area contributed by atoms with Gasteiger partial charge in [0, 0.05) is 4.90 Å². The molecule has 0 bridgehead atoms. The van der Waals surface area contributed by atoms with Crippen molar-refractivity contribution in [2.75, 3.05) is 0 Å². The van der Waals surface area contributed by atoms with Gasteiger partial charge in [-0.15, -0.1) is 12.6 Å². The van der Waals surface area contributed by atoms with Gasteiger partial charge in [0.15, 0.2) is 5.75 Å². The van der Waals surface area contributed by atoms with Crippen molar-refractivity contribution in [2.45, 2.75) is 149 Å². The minimum atomic E-state index is -4.53. The van der Waals surface area contributed by atoms with E-state index in [-0.39, 0.29) is 38.9 Å². The Morgan fingerprint density at radius 1 is 0.714 bits per heavy atom. The standard InChI is InChI=1S/C33H46O6S3/c1-22(2)27-20-30(31(40)21-32(27)41(34,35)36)39-42(37,38)33-28(24-14-8-4-9-15-24)18-26(23-12-6-3-7-13-23)19-29(33)25-16-10-5-11-17-25/h18-25,40H,3-17H2,1-2H3,(H,34,35,36). The van der Waals surface area contributed by atoms with E-state index < -0.39 is 20.2 Å². The maximum absolute atomic E-state index is 14.5. The Labute approximate surface area is 258 Å². The highest BCUT2D eigenvalue weighted by Gasteiger charge is 2.35. The lowest BCUT2D eigenvalue weighted by Gasteiger charge is -2.32. The van der Waals surface area contributed by atoms with Crippen LogP contribution >= 0.6 is 12.6 Å². The van der Waals surface area contributed by atoms with Gasteiger partial charge in [0.1, 0.15) is 4.90 Å². The molecule has 0 unspecified atom stereocenters. The van der Waals surface area contributed by atoms with Crippen LogP contribution in [0.3, 0.4) is 0 Å². The van der Waals surface area contributed by atoms with Gasteiger partial charge in [-0.25, -0.2) is 0 Å². The fraction of sp³-hybridized carbons (Fsp3) is 0.636. The second-order valence-electron chi connectivity index (χ2n) is 13.1. The van der Waals surface area contributed by atoms with Gasteiger partial charge < -0.3 is 4.18 Å². The van der Waals surface area contributed by atoms with Crippen molar-refractivity contribution in [1.82, 2.24) is 0 Å². The molecule has 3 aliphatic carbocycles. The fourth-order valence-corrected chi connectivity index (χ4v) is 10.3. The molecule has 0 heterocycles. The molecule has 3 aliphatic rings. The third-order valence-corrected chi connectivity index (χ3v) is 12.4. The second kappa shape index (κ2) is 13.2. The van der Waals surface area contributed by atoms with Gasteiger partial charge in [-0.2, -0.15) is 16.8 Å². The minimum Gasteiger partial charge on any atom is -0.378 e. The highest BCUT2D eigenvalue weighted by atomic mass is 32.2. The molecule has 3 saturated carbocycles. The molecule has 3 fully saturated rings. The van der Waals surface area contributed by atoms with Crippen molar-refractivity contribution >= 4 is 32.9 Å². The van der Waals surface area contributed by atoms with Crippen LogP contribution in [0.2, 0.25) is 0 Å². The van der Waals surface area contributed by atoms with E-state index in [9.17, 15) is 21.4 Å². The van der Waals surface area contributed by atoms with Gasteiger partial charge in [-0.05, 0) is 96.6 Å². The minimum absolute atomic E-state index is 0.0185. The number of hydrogen-bond donors (Lipinski definition) is 2. The Hall–Kier alpha value is -1.55. The van der Waals surface area contributed by atoms with Gasteiger partial charge in [0.2, 0.25) is 0 Å². The van der Waals surface area contributed by atoms with E-state index in [1.54, 1.807) is 13.8 Å². The monoisotopic (exact) mass is 634 g/mol. The van der Waals surface area contributed by atoms with Gasteiger partial charge in [-0.3, -0.25) is 4.55 Å². The molecule has 0 saturated heterocycles. The van der Waals surface area contributed by atoms with Gasteiger partial charge >= 0.3 is 10.1 Å². The zero-order valence-corrected chi connectivity index (χ0v) is 27.5. The second-order valence-corrected chi connectivity index (χ2v) is 16.4. The van der Waals surface area contributed by atoms with E-state index >= 15 is 0 Å². The highest BCUT2D eigenvalue weighted by molar-refractivity contribution is 7.87. The van der Waals surface area contributed by atoms with Crippen LogP contribution in [-0.2, 0) is 20.2 Å². The van der Waals surface area contributed by atoms with E-state index in [1.165, 1.54) is 49.8 Å². The summed E-state index contributed by atoms with van der Waals surface area (Å²) < 4.78 is 69.0.